The van der Waals surface area contributed by atoms with Crippen LogP contribution in [0.3, 0.4) is 0 Å². The Balaban J connectivity index is 1.81. The summed E-state index contributed by atoms with van der Waals surface area (Å²) >= 11 is 0. The smallest absolute Gasteiger partial charge is 0.337 e. The molecule has 0 radical (unpaired) electrons. The summed E-state index contributed by atoms with van der Waals surface area (Å²) in [4.78, 5) is 12.1. The van der Waals surface area contributed by atoms with Crippen molar-refractivity contribution in [1.29, 1.82) is 5.41 Å². The van der Waals surface area contributed by atoms with Crippen molar-refractivity contribution in [2.45, 2.75) is 38.6 Å². The third kappa shape index (κ3) is 5.20. The fourth-order valence-electron chi connectivity index (χ4n) is 3.87. The van der Waals surface area contributed by atoms with Crippen LogP contribution in [0.15, 0.2) is 42.5 Å². The molecule has 4 N–H and O–H groups in total. The highest BCUT2D eigenvalue weighted by Gasteiger charge is 2.14. The maximum Gasteiger partial charge on any atom is 0.337 e. The van der Waals surface area contributed by atoms with Crippen LogP contribution in [0.4, 0.5) is 0 Å². The zero-order valence-corrected chi connectivity index (χ0v) is 16.5. The first kappa shape index (κ1) is 20.1. The van der Waals surface area contributed by atoms with Crippen molar-refractivity contribution in [2.75, 3.05) is 13.7 Å². The average molecular weight is 380 g/mol. The molecule has 148 valence electrons. The second kappa shape index (κ2) is 9.51. The molecular formula is C23H29N3O2. The molecule has 0 atom stereocenters. The first-order chi connectivity index (χ1) is 13.6. The van der Waals surface area contributed by atoms with Crippen LogP contribution < -0.4 is 11.1 Å². The van der Waals surface area contributed by atoms with Crippen molar-refractivity contribution < 1.29 is 9.53 Å². The Labute approximate surface area is 166 Å². The highest BCUT2D eigenvalue weighted by atomic mass is 16.5. The number of nitrogen functional groups attached to an aromatic ring is 1. The first-order valence-electron chi connectivity index (χ1n) is 9.94. The predicted molar refractivity (Wildman–Crippen MR) is 113 cm³/mol. The standard InChI is InChI=1S/C23H29N3O2/c1-28-23(27)21-11-17(15-26-14-16-6-3-2-4-7-16)10-20(13-21)18-8-5-9-19(12-18)22(24)25/h5,8-13,16,26H,2-4,6-7,14-15H2,1H3,(H3,24,25). The van der Waals surface area contributed by atoms with Crippen molar-refractivity contribution in [2.24, 2.45) is 11.7 Å². The third-order valence-electron chi connectivity index (χ3n) is 5.41. The van der Waals surface area contributed by atoms with Gasteiger partial charge in [0.2, 0.25) is 0 Å². The number of ether oxygens (including phenoxy) is 1. The lowest BCUT2D eigenvalue weighted by Gasteiger charge is -2.22. The second-order valence-corrected chi connectivity index (χ2v) is 7.54. The monoisotopic (exact) mass is 379 g/mol. The molecule has 1 fully saturated rings. The molecule has 5 heteroatoms. The summed E-state index contributed by atoms with van der Waals surface area (Å²) in [6.07, 6.45) is 6.64. The average Bonchev–Trinajstić information content (AvgIpc) is 2.73. The van der Waals surface area contributed by atoms with Crippen LogP contribution in [0.1, 0.15) is 53.6 Å². The Morgan fingerprint density at radius 1 is 1.11 bits per heavy atom. The van der Waals surface area contributed by atoms with E-state index in [2.05, 4.69) is 11.4 Å². The Hall–Kier alpha value is -2.66. The number of carbonyl (C=O) groups excluding carboxylic acids is 1. The largest absolute Gasteiger partial charge is 0.465 e. The summed E-state index contributed by atoms with van der Waals surface area (Å²) in [5, 5.41) is 11.2. The van der Waals surface area contributed by atoms with E-state index < -0.39 is 0 Å². The van der Waals surface area contributed by atoms with Crippen LogP contribution in [0.5, 0.6) is 0 Å². The van der Waals surface area contributed by atoms with E-state index in [0.717, 1.165) is 29.2 Å². The molecule has 1 saturated carbocycles. The van der Waals surface area contributed by atoms with E-state index in [-0.39, 0.29) is 11.8 Å². The van der Waals surface area contributed by atoms with Crippen LogP contribution in [-0.2, 0) is 11.3 Å². The Bertz CT molecular complexity index is 841. The number of methoxy groups -OCH3 is 1. The number of rotatable bonds is 7. The van der Waals surface area contributed by atoms with Gasteiger partial charge in [-0.25, -0.2) is 4.79 Å². The van der Waals surface area contributed by atoms with Gasteiger partial charge >= 0.3 is 5.97 Å². The molecule has 1 aliphatic rings. The van der Waals surface area contributed by atoms with Crippen molar-refractivity contribution in [3.05, 3.63) is 59.2 Å². The zero-order valence-electron chi connectivity index (χ0n) is 16.5. The van der Waals surface area contributed by atoms with E-state index in [9.17, 15) is 4.79 Å². The first-order valence-corrected chi connectivity index (χ1v) is 9.94. The van der Waals surface area contributed by atoms with E-state index >= 15 is 0 Å². The van der Waals surface area contributed by atoms with Gasteiger partial charge in [0.15, 0.2) is 0 Å². The van der Waals surface area contributed by atoms with Gasteiger partial charge < -0.3 is 15.8 Å². The van der Waals surface area contributed by atoms with E-state index in [4.69, 9.17) is 15.9 Å². The van der Waals surface area contributed by atoms with E-state index in [0.29, 0.717) is 17.7 Å². The molecule has 0 amide bonds. The van der Waals surface area contributed by atoms with Gasteiger partial charge in [0, 0.05) is 12.1 Å². The minimum Gasteiger partial charge on any atom is -0.465 e. The quantitative estimate of drug-likeness (QED) is 0.384. The minimum absolute atomic E-state index is 0.0281. The number of esters is 1. The molecular weight excluding hydrogens is 350 g/mol. The van der Waals surface area contributed by atoms with Gasteiger partial charge in [0.1, 0.15) is 5.84 Å². The molecule has 0 unspecified atom stereocenters. The molecule has 3 rings (SSSR count). The number of hydrogen-bond acceptors (Lipinski definition) is 4. The fraction of sp³-hybridized carbons (Fsp3) is 0.391. The van der Waals surface area contributed by atoms with Gasteiger partial charge in [-0.2, -0.15) is 0 Å². The summed E-state index contributed by atoms with van der Waals surface area (Å²) < 4.78 is 4.93. The topological polar surface area (TPSA) is 88.2 Å². The van der Waals surface area contributed by atoms with Gasteiger partial charge in [0.25, 0.3) is 0 Å². The van der Waals surface area contributed by atoms with Gasteiger partial charge in [-0.3, -0.25) is 5.41 Å². The number of hydrogen-bond donors (Lipinski definition) is 3. The molecule has 28 heavy (non-hydrogen) atoms. The molecule has 5 nitrogen and oxygen atoms in total. The van der Waals surface area contributed by atoms with Crippen molar-refractivity contribution in [3.63, 3.8) is 0 Å². The van der Waals surface area contributed by atoms with Gasteiger partial charge in [0.05, 0.1) is 12.7 Å². The molecule has 0 heterocycles. The Morgan fingerprint density at radius 2 is 1.86 bits per heavy atom. The van der Waals surface area contributed by atoms with Crippen LogP contribution in [0, 0.1) is 11.3 Å². The lowest BCUT2D eigenvalue weighted by molar-refractivity contribution is 0.0600. The highest BCUT2D eigenvalue weighted by Crippen LogP contribution is 2.25. The Morgan fingerprint density at radius 3 is 2.57 bits per heavy atom. The molecule has 2 aromatic carbocycles. The zero-order chi connectivity index (χ0) is 19.9. The maximum atomic E-state index is 12.1. The van der Waals surface area contributed by atoms with E-state index in [1.807, 2.05) is 36.4 Å². The lowest BCUT2D eigenvalue weighted by atomic mass is 9.89. The molecule has 0 aromatic heterocycles. The fourth-order valence-corrected chi connectivity index (χ4v) is 3.87. The summed E-state index contributed by atoms with van der Waals surface area (Å²) in [5.74, 6) is 0.433. The lowest BCUT2D eigenvalue weighted by Crippen LogP contribution is -2.24. The SMILES string of the molecule is COC(=O)c1cc(CNCC2CCCCC2)cc(-c2cccc(C(=N)N)c2)c1. The van der Waals surface area contributed by atoms with Crippen molar-refractivity contribution >= 4 is 11.8 Å². The number of benzene rings is 2. The van der Waals surface area contributed by atoms with Crippen LogP contribution >= 0.6 is 0 Å². The van der Waals surface area contributed by atoms with Crippen molar-refractivity contribution in [1.82, 2.24) is 5.32 Å². The normalized spacial score (nSPS) is 14.6. The number of carbonyl (C=O) groups is 1. The van der Waals surface area contributed by atoms with Crippen molar-refractivity contribution in [3.8, 4) is 11.1 Å². The maximum absolute atomic E-state index is 12.1. The summed E-state index contributed by atoms with van der Waals surface area (Å²) in [6, 6.07) is 13.3. The summed E-state index contributed by atoms with van der Waals surface area (Å²) in [7, 11) is 1.40. The Kier molecular flexibility index (Phi) is 6.82. The van der Waals surface area contributed by atoms with Gasteiger partial charge in [-0.1, -0.05) is 37.5 Å². The summed E-state index contributed by atoms with van der Waals surface area (Å²) in [6.45, 7) is 1.72. The molecule has 0 bridgehead atoms. The minimum atomic E-state index is -0.349. The molecule has 0 aliphatic heterocycles. The molecule has 2 aromatic rings. The number of nitrogens with two attached hydrogens (primary N) is 1. The van der Waals surface area contributed by atoms with Crippen LogP contribution in [0.25, 0.3) is 11.1 Å². The van der Waals surface area contributed by atoms with Crippen LogP contribution in [0.2, 0.25) is 0 Å². The van der Waals surface area contributed by atoms with Gasteiger partial charge in [-0.05, 0) is 66.3 Å². The molecule has 1 aliphatic carbocycles. The van der Waals surface area contributed by atoms with E-state index in [1.165, 1.54) is 39.2 Å². The molecule has 0 saturated heterocycles. The predicted octanol–water partition coefficient (Wildman–Crippen LogP) is 4.09. The highest BCUT2D eigenvalue weighted by molar-refractivity contribution is 5.96. The number of nitrogens with one attached hydrogen (secondary N) is 2. The third-order valence-corrected chi connectivity index (χ3v) is 5.41. The number of amidine groups is 1. The van der Waals surface area contributed by atoms with E-state index in [1.54, 1.807) is 0 Å². The van der Waals surface area contributed by atoms with Gasteiger partial charge in [-0.15, -0.1) is 0 Å². The van der Waals surface area contributed by atoms with Crippen LogP contribution in [-0.4, -0.2) is 25.5 Å². The second-order valence-electron chi connectivity index (χ2n) is 7.54. The molecule has 0 spiro atoms. The summed E-state index contributed by atoms with van der Waals surface area (Å²) in [5.41, 5.74) is 9.70.